The van der Waals surface area contributed by atoms with Crippen molar-refractivity contribution in [2.75, 3.05) is 18.7 Å². The number of methoxy groups -OCH3 is 1. The standard InChI is InChI=1S/C20H18ClN5O2S/c1-28-18-8-7-12(29(2,22)27)9-17(18)25-20-24-11-15(21)19(26-20)14-10-23-16-6-4-3-5-13(14)16/h3-11,22-23H,1-2H3,(H,24,25,26). The number of aromatic nitrogens is 3. The van der Waals surface area contributed by atoms with Crippen LogP contribution in [0.2, 0.25) is 5.02 Å². The Morgan fingerprint density at radius 3 is 2.79 bits per heavy atom. The third kappa shape index (κ3) is 3.76. The first-order chi connectivity index (χ1) is 13.9. The number of hydrogen-bond acceptors (Lipinski definition) is 6. The number of aromatic amines is 1. The number of halogens is 1. The minimum atomic E-state index is -2.88. The molecule has 0 aliphatic rings. The highest BCUT2D eigenvalue weighted by atomic mass is 35.5. The zero-order chi connectivity index (χ0) is 20.6. The van der Waals surface area contributed by atoms with Crippen molar-refractivity contribution in [1.82, 2.24) is 15.0 Å². The average Bonchev–Trinajstić information content (AvgIpc) is 3.12. The molecule has 2 heterocycles. The number of fused-ring (bicyclic) bond motifs is 1. The normalized spacial score (nSPS) is 13.2. The zero-order valence-corrected chi connectivity index (χ0v) is 17.3. The minimum absolute atomic E-state index is 0.303. The van der Waals surface area contributed by atoms with Crippen molar-refractivity contribution >= 4 is 43.9 Å². The smallest absolute Gasteiger partial charge is 0.227 e. The second-order valence-electron chi connectivity index (χ2n) is 6.47. The molecule has 0 radical (unpaired) electrons. The molecule has 1 unspecified atom stereocenters. The topological polar surface area (TPSA) is 104 Å². The molecular weight excluding hydrogens is 410 g/mol. The van der Waals surface area contributed by atoms with Crippen molar-refractivity contribution in [3.63, 3.8) is 0 Å². The van der Waals surface area contributed by atoms with Gasteiger partial charge in [-0.05, 0) is 24.3 Å². The largest absolute Gasteiger partial charge is 0.495 e. The summed E-state index contributed by atoms with van der Waals surface area (Å²) in [6.45, 7) is 0. The van der Waals surface area contributed by atoms with Gasteiger partial charge < -0.3 is 15.0 Å². The quantitative estimate of drug-likeness (QED) is 0.412. The molecule has 7 nitrogen and oxygen atoms in total. The Morgan fingerprint density at radius 1 is 1.24 bits per heavy atom. The highest BCUT2D eigenvalue weighted by molar-refractivity contribution is 7.91. The van der Waals surface area contributed by atoms with E-state index >= 15 is 0 Å². The first-order valence-electron chi connectivity index (χ1n) is 8.64. The van der Waals surface area contributed by atoms with Gasteiger partial charge in [0.2, 0.25) is 5.95 Å². The number of rotatable bonds is 5. The molecule has 0 spiro atoms. The first kappa shape index (κ1) is 19.2. The lowest BCUT2D eigenvalue weighted by atomic mass is 10.1. The molecule has 2 aromatic carbocycles. The van der Waals surface area contributed by atoms with Crippen LogP contribution in [0.5, 0.6) is 5.75 Å². The lowest BCUT2D eigenvalue weighted by Gasteiger charge is -2.13. The maximum absolute atomic E-state index is 12.1. The van der Waals surface area contributed by atoms with E-state index in [4.69, 9.17) is 21.1 Å². The number of hydrogen-bond donors (Lipinski definition) is 3. The highest BCUT2D eigenvalue weighted by Gasteiger charge is 2.15. The van der Waals surface area contributed by atoms with Crippen LogP contribution in [0.25, 0.3) is 22.2 Å². The van der Waals surface area contributed by atoms with Gasteiger partial charge in [-0.25, -0.2) is 19.0 Å². The van der Waals surface area contributed by atoms with Gasteiger partial charge in [-0.2, -0.15) is 0 Å². The molecule has 0 saturated carbocycles. The number of benzene rings is 2. The van der Waals surface area contributed by atoms with Crippen LogP contribution < -0.4 is 10.1 Å². The molecule has 0 saturated heterocycles. The number of nitrogens with zero attached hydrogens (tertiary/aromatic N) is 2. The van der Waals surface area contributed by atoms with E-state index in [1.807, 2.05) is 30.5 Å². The van der Waals surface area contributed by atoms with E-state index < -0.39 is 9.73 Å². The Bertz CT molecular complexity index is 1320. The molecule has 2 aromatic heterocycles. The van der Waals surface area contributed by atoms with E-state index in [0.29, 0.717) is 33.0 Å². The van der Waals surface area contributed by atoms with E-state index in [1.54, 1.807) is 18.2 Å². The number of ether oxygens (including phenoxy) is 1. The molecule has 148 valence electrons. The summed E-state index contributed by atoms with van der Waals surface area (Å²) in [5.74, 6) is 0.822. The molecule has 4 aromatic rings. The van der Waals surface area contributed by atoms with Gasteiger partial charge in [0.15, 0.2) is 0 Å². The van der Waals surface area contributed by atoms with E-state index in [-0.39, 0.29) is 0 Å². The van der Waals surface area contributed by atoms with Gasteiger partial charge in [0.1, 0.15) is 5.75 Å². The van der Waals surface area contributed by atoms with Gasteiger partial charge in [-0.3, -0.25) is 0 Å². The Morgan fingerprint density at radius 2 is 2.03 bits per heavy atom. The molecule has 9 heteroatoms. The van der Waals surface area contributed by atoms with E-state index in [0.717, 1.165) is 16.5 Å². The molecule has 3 N–H and O–H groups in total. The fourth-order valence-corrected chi connectivity index (χ4v) is 3.89. The van der Waals surface area contributed by atoms with Crippen molar-refractivity contribution in [1.29, 1.82) is 4.78 Å². The highest BCUT2D eigenvalue weighted by Crippen LogP contribution is 2.34. The van der Waals surface area contributed by atoms with Crippen molar-refractivity contribution in [3.05, 3.63) is 59.9 Å². The van der Waals surface area contributed by atoms with Gasteiger partial charge in [0.25, 0.3) is 0 Å². The molecule has 0 aliphatic heterocycles. The molecule has 4 rings (SSSR count). The van der Waals surface area contributed by atoms with Gasteiger partial charge in [-0.1, -0.05) is 29.8 Å². The lowest BCUT2D eigenvalue weighted by Crippen LogP contribution is -2.02. The van der Waals surface area contributed by atoms with Crippen LogP contribution in [0.1, 0.15) is 0 Å². The van der Waals surface area contributed by atoms with Gasteiger partial charge in [0, 0.05) is 33.8 Å². The first-order valence-corrected chi connectivity index (χ1v) is 11.0. The molecule has 29 heavy (non-hydrogen) atoms. The molecule has 0 amide bonds. The monoisotopic (exact) mass is 427 g/mol. The molecular formula is C20H18ClN5O2S. The Kier molecular flexibility index (Phi) is 4.89. The van der Waals surface area contributed by atoms with Crippen LogP contribution in [0.4, 0.5) is 11.6 Å². The van der Waals surface area contributed by atoms with Crippen molar-refractivity contribution in [3.8, 4) is 17.0 Å². The predicted octanol–water partition coefficient (Wildman–Crippen LogP) is 5.07. The number of nitrogens with one attached hydrogen (secondary N) is 3. The Balaban J connectivity index is 1.78. The third-order valence-electron chi connectivity index (χ3n) is 4.46. The number of para-hydroxylation sites is 1. The van der Waals surface area contributed by atoms with E-state index in [1.165, 1.54) is 19.6 Å². The fraction of sp³-hybridized carbons (Fsp3) is 0.100. The van der Waals surface area contributed by atoms with Crippen LogP contribution in [-0.2, 0) is 9.73 Å². The molecule has 1 atom stereocenters. The third-order valence-corrected chi connectivity index (χ3v) is 5.89. The molecule has 0 bridgehead atoms. The summed E-state index contributed by atoms with van der Waals surface area (Å²) in [4.78, 5) is 12.4. The van der Waals surface area contributed by atoms with E-state index in [9.17, 15) is 4.21 Å². The summed E-state index contributed by atoms with van der Waals surface area (Å²) in [6.07, 6.45) is 4.75. The summed E-state index contributed by atoms with van der Waals surface area (Å²) in [7, 11) is -1.35. The lowest BCUT2D eigenvalue weighted by molar-refractivity contribution is 0.416. The van der Waals surface area contributed by atoms with Crippen LogP contribution in [0, 0.1) is 4.78 Å². The zero-order valence-electron chi connectivity index (χ0n) is 15.7. The Labute approximate surface area is 173 Å². The number of H-pyrrole nitrogens is 1. The van der Waals surface area contributed by atoms with Crippen LogP contribution in [0.15, 0.2) is 59.8 Å². The molecule has 0 fully saturated rings. The van der Waals surface area contributed by atoms with Crippen molar-refractivity contribution in [2.24, 2.45) is 0 Å². The summed E-state index contributed by atoms with van der Waals surface area (Å²) >= 11 is 6.38. The van der Waals surface area contributed by atoms with Crippen molar-refractivity contribution < 1.29 is 8.95 Å². The van der Waals surface area contributed by atoms with Gasteiger partial charge in [0.05, 0.1) is 39.4 Å². The molecule has 0 aliphatic carbocycles. The van der Waals surface area contributed by atoms with Crippen LogP contribution in [0.3, 0.4) is 0 Å². The van der Waals surface area contributed by atoms with Gasteiger partial charge in [-0.15, -0.1) is 0 Å². The maximum atomic E-state index is 12.1. The SMILES string of the molecule is COc1ccc(S(C)(=N)=O)cc1Nc1ncc(Cl)c(-c2c[nH]c3ccccc23)n1. The second-order valence-corrected chi connectivity index (χ2v) is 9.03. The second kappa shape index (κ2) is 7.38. The summed E-state index contributed by atoms with van der Waals surface area (Å²) in [5, 5.41) is 4.51. The van der Waals surface area contributed by atoms with E-state index in [2.05, 4.69) is 20.3 Å². The summed E-state index contributed by atoms with van der Waals surface area (Å²) in [5.41, 5.74) is 2.93. The fourth-order valence-electron chi connectivity index (χ4n) is 3.03. The maximum Gasteiger partial charge on any atom is 0.227 e. The predicted molar refractivity (Wildman–Crippen MR) is 116 cm³/mol. The Hall–Kier alpha value is -3.10. The summed E-state index contributed by atoms with van der Waals surface area (Å²) in [6, 6.07) is 12.8. The number of anilines is 2. The minimum Gasteiger partial charge on any atom is -0.495 e. The van der Waals surface area contributed by atoms with Gasteiger partial charge >= 0.3 is 0 Å². The van der Waals surface area contributed by atoms with Crippen molar-refractivity contribution in [2.45, 2.75) is 4.90 Å². The van der Waals surface area contributed by atoms with Crippen LogP contribution in [-0.4, -0.2) is 32.5 Å². The summed E-state index contributed by atoms with van der Waals surface area (Å²) < 4.78 is 25.3. The average molecular weight is 428 g/mol. The van der Waals surface area contributed by atoms with Crippen LogP contribution >= 0.6 is 11.6 Å².